The molecule has 0 amide bonds. The fourth-order valence-corrected chi connectivity index (χ4v) is 2.12. The van der Waals surface area contributed by atoms with Gasteiger partial charge in [-0.1, -0.05) is 30.3 Å². The number of hydrogen-bond donors (Lipinski definition) is 1. The lowest BCUT2D eigenvalue weighted by Crippen LogP contribution is -2.03. The molecule has 0 bridgehead atoms. The molecule has 4 heteroatoms. The summed E-state index contributed by atoms with van der Waals surface area (Å²) < 4.78 is 11.4. The van der Waals surface area contributed by atoms with Gasteiger partial charge in [0.05, 0.1) is 6.61 Å². The summed E-state index contributed by atoms with van der Waals surface area (Å²) in [5, 5.41) is 9.04. The molecule has 4 nitrogen and oxygen atoms in total. The molecular weight excluding hydrogens is 278 g/mol. The van der Waals surface area contributed by atoms with E-state index in [1.165, 1.54) is 0 Å². The molecule has 0 fully saturated rings. The van der Waals surface area contributed by atoms with Gasteiger partial charge in [0.2, 0.25) is 5.89 Å². The number of oxazole rings is 1. The van der Waals surface area contributed by atoms with Gasteiger partial charge < -0.3 is 14.3 Å². The standard InChI is InChI=1S/C18H17NO3/c1-13(22-16-9-7-14(11-20)8-10-16)17-12-21-18(19-17)15-5-3-2-4-6-15/h2-10,12-13,20H,11H2,1H3. The van der Waals surface area contributed by atoms with Gasteiger partial charge in [-0.2, -0.15) is 0 Å². The van der Waals surface area contributed by atoms with Gasteiger partial charge in [0, 0.05) is 5.56 Å². The number of aliphatic hydroxyl groups is 1. The first-order valence-corrected chi connectivity index (χ1v) is 7.13. The van der Waals surface area contributed by atoms with Crippen LogP contribution < -0.4 is 4.74 Å². The van der Waals surface area contributed by atoms with Gasteiger partial charge in [0.15, 0.2) is 0 Å². The lowest BCUT2D eigenvalue weighted by Gasteiger charge is -2.12. The molecule has 0 aliphatic heterocycles. The molecule has 1 N–H and O–H groups in total. The molecule has 0 aliphatic carbocycles. The normalized spacial score (nSPS) is 12.1. The SMILES string of the molecule is CC(Oc1ccc(CO)cc1)c1coc(-c2ccccc2)n1. The molecule has 22 heavy (non-hydrogen) atoms. The number of aromatic nitrogens is 1. The average Bonchev–Trinajstić information content (AvgIpc) is 3.06. The Hall–Kier alpha value is -2.59. The molecule has 0 saturated carbocycles. The first-order chi connectivity index (χ1) is 10.8. The van der Waals surface area contributed by atoms with Crippen molar-refractivity contribution in [2.45, 2.75) is 19.6 Å². The molecule has 0 spiro atoms. The number of ether oxygens (including phenoxy) is 1. The zero-order chi connectivity index (χ0) is 15.4. The highest BCUT2D eigenvalue weighted by Gasteiger charge is 2.14. The summed E-state index contributed by atoms with van der Waals surface area (Å²) in [7, 11) is 0. The third kappa shape index (κ3) is 3.18. The second kappa shape index (κ2) is 6.45. The monoisotopic (exact) mass is 295 g/mol. The van der Waals surface area contributed by atoms with Crippen molar-refractivity contribution in [2.24, 2.45) is 0 Å². The van der Waals surface area contributed by atoms with Gasteiger partial charge in [0.1, 0.15) is 23.8 Å². The Kier molecular flexibility index (Phi) is 4.21. The van der Waals surface area contributed by atoms with Crippen LogP contribution in [0.3, 0.4) is 0 Å². The summed E-state index contributed by atoms with van der Waals surface area (Å²) in [6, 6.07) is 17.1. The highest BCUT2D eigenvalue weighted by atomic mass is 16.5. The predicted molar refractivity (Wildman–Crippen MR) is 83.3 cm³/mol. The number of aliphatic hydroxyl groups excluding tert-OH is 1. The van der Waals surface area contributed by atoms with E-state index in [1.807, 2.05) is 61.5 Å². The molecule has 112 valence electrons. The molecule has 1 unspecified atom stereocenters. The van der Waals surface area contributed by atoms with Crippen molar-refractivity contribution >= 4 is 0 Å². The van der Waals surface area contributed by atoms with Crippen LogP contribution in [0.15, 0.2) is 65.3 Å². The maximum atomic E-state index is 9.04. The fraction of sp³-hybridized carbons (Fsp3) is 0.167. The predicted octanol–water partition coefficient (Wildman–Crippen LogP) is 3.97. The average molecular weight is 295 g/mol. The van der Waals surface area contributed by atoms with Crippen LogP contribution >= 0.6 is 0 Å². The Morgan fingerprint density at radius 2 is 1.82 bits per heavy atom. The summed E-state index contributed by atoms with van der Waals surface area (Å²) in [5.74, 6) is 1.32. The van der Waals surface area contributed by atoms with Crippen molar-refractivity contribution in [1.29, 1.82) is 0 Å². The van der Waals surface area contributed by atoms with E-state index in [4.69, 9.17) is 14.3 Å². The van der Waals surface area contributed by atoms with Gasteiger partial charge in [-0.05, 0) is 36.8 Å². The zero-order valence-corrected chi connectivity index (χ0v) is 12.3. The minimum Gasteiger partial charge on any atom is -0.484 e. The number of hydrogen-bond acceptors (Lipinski definition) is 4. The minimum absolute atomic E-state index is 0.0273. The zero-order valence-electron chi connectivity index (χ0n) is 12.3. The second-order valence-corrected chi connectivity index (χ2v) is 5.01. The summed E-state index contributed by atoms with van der Waals surface area (Å²) in [6.45, 7) is 1.95. The van der Waals surface area contributed by atoms with Gasteiger partial charge >= 0.3 is 0 Å². The van der Waals surface area contributed by atoms with Crippen LogP contribution in [0.25, 0.3) is 11.5 Å². The molecule has 3 aromatic rings. The van der Waals surface area contributed by atoms with E-state index in [9.17, 15) is 0 Å². The summed E-state index contributed by atoms with van der Waals surface area (Å²) in [5.41, 5.74) is 2.53. The highest BCUT2D eigenvalue weighted by Crippen LogP contribution is 2.25. The first kappa shape index (κ1) is 14.4. The van der Waals surface area contributed by atoms with E-state index < -0.39 is 0 Å². The Bertz CT molecular complexity index is 720. The van der Waals surface area contributed by atoms with E-state index in [2.05, 4.69) is 4.98 Å². The number of benzene rings is 2. The van der Waals surface area contributed by atoms with Crippen molar-refractivity contribution in [1.82, 2.24) is 4.98 Å². The lowest BCUT2D eigenvalue weighted by molar-refractivity contribution is 0.221. The van der Waals surface area contributed by atoms with Crippen LogP contribution in [-0.2, 0) is 6.61 Å². The van der Waals surface area contributed by atoms with Crippen molar-refractivity contribution in [3.8, 4) is 17.2 Å². The molecular formula is C18H17NO3. The molecule has 1 heterocycles. The maximum absolute atomic E-state index is 9.04. The van der Waals surface area contributed by atoms with Crippen molar-refractivity contribution in [3.63, 3.8) is 0 Å². The van der Waals surface area contributed by atoms with Crippen LogP contribution in [0.2, 0.25) is 0 Å². The molecule has 0 radical (unpaired) electrons. The summed E-state index contributed by atoms with van der Waals surface area (Å²) in [4.78, 5) is 4.48. The maximum Gasteiger partial charge on any atom is 0.226 e. The third-order valence-corrected chi connectivity index (χ3v) is 3.38. The van der Waals surface area contributed by atoms with Crippen LogP contribution in [0.5, 0.6) is 5.75 Å². The largest absolute Gasteiger partial charge is 0.484 e. The molecule has 1 atom stereocenters. The Morgan fingerprint density at radius 3 is 2.50 bits per heavy atom. The lowest BCUT2D eigenvalue weighted by atomic mass is 10.2. The topological polar surface area (TPSA) is 55.5 Å². The van der Waals surface area contributed by atoms with Gasteiger partial charge in [-0.15, -0.1) is 0 Å². The quantitative estimate of drug-likeness (QED) is 0.773. The van der Waals surface area contributed by atoms with E-state index >= 15 is 0 Å². The van der Waals surface area contributed by atoms with E-state index in [1.54, 1.807) is 6.26 Å². The molecule has 3 rings (SSSR count). The van der Waals surface area contributed by atoms with E-state index in [-0.39, 0.29) is 12.7 Å². The van der Waals surface area contributed by atoms with E-state index in [0.29, 0.717) is 5.89 Å². The van der Waals surface area contributed by atoms with Crippen molar-refractivity contribution < 1.29 is 14.3 Å². The Morgan fingerprint density at radius 1 is 1.09 bits per heavy atom. The van der Waals surface area contributed by atoms with Crippen molar-refractivity contribution in [2.75, 3.05) is 0 Å². The third-order valence-electron chi connectivity index (χ3n) is 3.38. The number of rotatable bonds is 5. The number of nitrogens with zero attached hydrogens (tertiary/aromatic N) is 1. The first-order valence-electron chi connectivity index (χ1n) is 7.13. The Balaban J connectivity index is 1.72. The molecule has 2 aromatic carbocycles. The minimum atomic E-state index is -0.221. The molecule has 0 aliphatic rings. The van der Waals surface area contributed by atoms with Crippen LogP contribution in [0.4, 0.5) is 0 Å². The summed E-state index contributed by atoms with van der Waals surface area (Å²) in [6.07, 6.45) is 1.40. The highest BCUT2D eigenvalue weighted by molar-refractivity contribution is 5.52. The van der Waals surface area contributed by atoms with Gasteiger partial charge in [-0.3, -0.25) is 0 Å². The van der Waals surface area contributed by atoms with Crippen molar-refractivity contribution in [3.05, 3.63) is 72.1 Å². The van der Waals surface area contributed by atoms with Gasteiger partial charge in [0.25, 0.3) is 0 Å². The second-order valence-electron chi connectivity index (χ2n) is 5.01. The summed E-state index contributed by atoms with van der Waals surface area (Å²) >= 11 is 0. The fourth-order valence-electron chi connectivity index (χ4n) is 2.12. The van der Waals surface area contributed by atoms with Crippen LogP contribution in [0, 0.1) is 0 Å². The molecule has 1 aromatic heterocycles. The van der Waals surface area contributed by atoms with Gasteiger partial charge in [-0.25, -0.2) is 4.98 Å². The van der Waals surface area contributed by atoms with E-state index in [0.717, 1.165) is 22.6 Å². The molecule has 0 saturated heterocycles. The Labute approximate surface area is 129 Å². The van der Waals surface area contributed by atoms with Crippen LogP contribution in [0.1, 0.15) is 24.3 Å². The van der Waals surface area contributed by atoms with Crippen LogP contribution in [-0.4, -0.2) is 10.1 Å². The smallest absolute Gasteiger partial charge is 0.226 e.